The Kier molecular flexibility index (Phi) is 6.40. The van der Waals surface area contributed by atoms with Crippen LogP contribution in [0.15, 0.2) is 49.3 Å². The lowest BCUT2D eigenvalue weighted by atomic mass is 10.2. The number of methoxy groups -OCH3 is 1. The van der Waals surface area contributed by atoms with E-state index in [4.69, 9.17) is 5.11 Å². The molecular weight excluding hydrogens is 404 g/mol. The molecule has 12 nitrogen and oxygen atoms in total. The highest BCUT2D eigenvalue weighted by Crippen LogP contribution is 2.19. The van der Waals surface area contributed by atoms with Gasteiger partial charge in [0.15, 0.2) is 23.0 Å². The second-order valence-electron chi connectivity index (χ2n) is 6.07. The third-order valence-corrected chi connectivity index (χ3v) is 3.85. The Morgan fingerprint density at radius 3 is 1.65 bits per heavy atom. The Balaban J connectivity index is 0.000000176. The first-order valence-corrected chi connectivity index (χ1v) is 8.84. The lowest BCUT2D eigenvalue weighted by Crippen LogP contribution is -2.05. The fourth-order valence-electron chi connectivity index (χ4n) is 2.59. The second kappa shape index (κ2) is 9.35. The van der Waals surface area contributed by atoms with Crippen LogP contribution in [0.1, 0.15) is 21.0 Å². The fraction of sp³-hybridized carbons (Fsp3) is 0.158. The van der Waals surface area contributed by atoms with Gasteiger partial charge >= 0.3 is 11.9 Å². The first-order valence-electron chi connectivity index (χ1n) is 8.84. The van der Waals surface area contributed by atoms with Crippen LogP contribution in [0, 0.1) is 0 Å². The van der Waals surface area contributed by atoms with Crippen molar-refractivity contribution in [2.75, 3.05) is 7.11 Å². The Hall–Kier alpha value is -4.48. The average Bonchev–Trinajstić information content (AvgIpc) is 3.38. The predicted octanol–water partition coefficient (Wildman–Crippen LogP) is 1.24. The smallest absolute Gasteiger partial charge is 0.359 e. The Morgan fingerprint density at radius 2 is 1.23 bits per heavy atom. The van der Waals surface area contributed by atoms with Crippen LogP contribution in [0.25, 0.3) is 22.8 Å². The number of aryl methyl sites for hydroxylation is 2. The van der Waals surface area contributed by atoms with Crippen LogP contribution in [-0.2, 0) is 18.8 Å². The van der Waals surface area contributed by atoms with Gasteiger partial charge in [0.25, 0.3) is 0 Å². The normalized spacial score (nSPS) is 10.2. The number of carboxylic acids is 1. The van der Waals surface area contributed by atoms with Gasteiger partial charge in [0.1, 0.15) is 0 Å². The van der Waals surface area contributed by atoms with E-state index in [1.807, 2.05) is 0 Å². The quantitative estimate of drug-likeness (QED) is 0.476. The van der Waals surface area contributed by atoms with Crippen LogP contribution in [0.2, 0.25) is 0 Å². The van der Waals surface area contributed by atoms with Crippen LogP contribution >= 0.6 is 0 Å². The van der Waals surface area contributed by atoms with Gasteiger partial charge in [-0.1, -0.05) is 0 Å². The van der Waals surface area contributed by atoms with Gasteiger partial charge < -0.3 is 9.84 Å². The minimum atomic E-state index is -1.09. The lowest BCUT2D eigenvalue weighted by Gasteiger charge is -1.98. The van der Waals surface area contributed by atoms with Crippen molar-refractivity contribution in [3.63, 3.8) is 0 Å². The van der Waals surface area contributed by atoms with Gasteiger partial charge in [0, 0.05) is 51.3 Å². The van der Waals surface area contributed by atoms with E-state index in [0.29, 0.717) is 22.8 Å². The van der Waals surface area contributed by atoms with Gasteiger partial charge in [-0.2, -0.15) is 10.2 Å². The number of carbonyl (C=O) groups excluding carboxylic acids is 1. The molecule has 0 amide bonds. The summed E-state index contributed by atoms with van der Waals surface area (Å²) in [6.07, 6.45) is 9.59. The van der Waals surface area contributed by atoms with Crippen molar-refractivity contribution >= 4 is 11.9 Å². The minimum absolute atomic E-state index is 0.0382. The van der Waals surface area contributed by atoms with E-state index >= 15 is 0 Å². The Labute approximate surface area is 176 Å². The van der Waals surface area contributed by atoms with Crippen molar-refractivity contribution in [2.45, 2.75) is 0 Å². The molecule has 0 aliphatic heterocycles. The van der Waals surface area contributed by atoms with E-state index in [2.05, 4.69) is 34.9 Å². The number of esters is 1. The summed E-state index contributed by atoms with van der Waals surface area (Å²) >= 11 is 0. The summed E-state index contributed by atoms with van der Waals surface area (Å²) in [6, 6.07) is 3.37. The van der Waals surface area contributed by atoms with Crippen molar-refractivity contribution in [3.8, 4) is 22.8 Å². The van der Waals surface area contributed by atoms with Crippen molar-refractivity contribution in [3.05, 3.63) is 60.7 Å². The number of carbonyl (C=O) groups is 2. The summed E-state index contributed by atoms with van der Waals surface area (Å²) in [5.41, 5.74) is 1.17. The Morgan fingerprint density at radius 1 is 0.806 bits per heavy atom. The van der Waals surface area contributed by atoms with Gasteiger partial charge in [-0.25, -0.2) is 29.5 Å². The van der Waals surface area contributed by atoms with Crippen LogP contribution in [0.3, 0.4) is 0 Å². The molecule has 4 aromatic heterocycles. The molecule has 4 aromatic rings. The molecule has 0 spiro atoms. The zero-order valence-corrected chi connectivity index (χ0v) is 16.9. The molecule has 0 fully saturated rings. The molecule has 1 N–H and O–H groups in total. The summed E-state index contributed by atoms with van der Waals surface area (Å²) in [4.78, 5) is 38.4. The summed E-state index contributed by atoms with van der Waals surface area (Å²) in [5.74, 6) is -0.764. The molecule has 12 heteroatoms. The molecule has 0 radical (unpaired) electrons. The second-order valence-corrected chi connectivity index (χ2v) is 6.07. The maximum absolute atomic E-state index is 11.5. The molecular formula is C19H18N8O4. The number of rotatable bonds is 4. The van der Waals surface area contributed by atoms with Crippen molar-refractivity contribution in [2.24, 2.45) is 14.1 Å². The van der Waals surface area contributed by atoms with Crippen molar-refractivity contribution in [1.29, 1.82) is 0 Å². The zero-order valence-electron chi connectivity index (χ0n) is 16.9. The molecule has 0 atom stereocenters. The highest BCUT2D eigenvalue weighted by molar-refractivity contribution is 5.94. The first-order chi connectivity index (χ1) is 14.9. The number of ether oxygens (including phenoxy) is 1. The molecule has 158 valence electrons. The predicted molar refractivity (Wildman–Crippen MR) is 107 cm³/mol. The van der Waals surface area contributed by atoms with E-state index in [9.17, 15) is 9.59 Å². The van der Waals surface area contributed by atoms with Gasteiger partial charge in [0.2, 0.25) is 0 Å². The fourth-order valence-corrected chi connectivity index (χ4v) is 2.59. The minimum Gasteiger partial charge on any atom is -0.476 e. The Bertz CT molecular complexity index is 1190. The number of nitrogens with zero attached hydrogens (tertiary/aromatic N) is 8. The summed E-state index contributed by atoms with van der Waals surface area (Å²) in [6.45, 7) is 0. The maximum Gasteiger partial charge on any atom is 0.359 e. The van der Waals surface area contributed by atoms with E-state index in [0.717, 1.165) is 0 Å². The molecule has 4 rings (SSSR count). The third-order valence-electron chi connectivity index (χ3n) is 3.85. The van der Waals surface area contributed by atoms with Gasteiger partial charge in [-0.05, 0) is 12.1 Å². The standard InChI is InChI=1S/C10H10N4O2.C9H8N4O2/c1-14-6-7(8(13-14)10(15)16-2)9-11-4-3-5-12-9;1-13-5-6(7(12-13)9(14)15)8-10-3-2-4-11-8/h3-6H,1-2H3;2-5H,1H3,(H,14,15). The van der Waals surface area contributed by atoms with Crippen LogP contribution in [0.4, 0.5) is 0 Å². The number of hydrogen-bond donors (Lipinski definition) is 1. The maximum atomic E-state index is 11.5. The number of hydrogen-bond acceptors (Lipinski definition) is 9. The van der Waals surface area contributed by atoms with Crippen molar-refractivity contribution < 1.29 is 19.4 Å². The van der Waals surface area contributed by atoms with Crippen molar-refractivity contribution in [1.82, 2.24) is 39.5 Å². The van der Waals surface area contributed by atoms with E-state index in [-0.39, 0.29) is 11.4 Å². The van der Waals surface area contributed by atoms with E-state index < -0.39 is 11.9 Å². The molecule has 31 heavy (non-hydrogen) atoms. The summed E-state index contributed by atoms with van der Waals surface area (Å²) < 4.78 is 7.59. The number of carboxylic acid groups (broad SMARTS) is 1. The van der Waals surface area contributed by atoms with E-state index in [1.165, 1.54) is 16.5 Å². The number of aromatic nitrogens is 8. The average molecular weight is 422 g/mol. The molecule has 0 aliphatic rings. The molecule has 4 heterocycles. The largest absolute Gasteiger partial charge is 0.476 e. The summed E-state index contributed by atoms with van der Waals surface area (Å²) in [5, 5.41) is 16.8. The third kappa shape index (κ3) is 4.93. The zero-order chi connectivity index (χ0) is 22.4. The van der Waals surface area contributed by atoms with Gasteiger partial charge in [-0.15, -0.1) is 0 Å². The topological polar surface area (TPSA) is 151 Å². The molecule has 0 aromatic carbocycles. The highest BCUT2D eigenvalue weighted by atomic mass is 16.5. The molecule has 0 saturated heterocycles. The van der Waals surface area contributed by atoms with Gasteiger partial charge in [0.05, 0.1) is 18.2 Å². The molecule has 0 aliphatic carbocycles. The number of aromatic carboxylic acids is 1. The molecule has 0 saturated carbocycles. The molecule has 0 bridgehead atoms. The van der Waals surface area contributed by atoms with Crippen LogP contribution in [0.5, 0.6) is 0 Å². The SMILES string of the molecule is COC(=O)c1nn(C)cc1-c1ncccn1.Cn1cc(-c2ncccn2)c(C(=O)O)n1. The van der Waals surface area contributed by atoms with Crippen LogP contribution < -0.4 is 0 Å². The highest BCUT2D eigenvalue weighted by Gasteiger charge is 2.19. The lowest BCUT2D eigenvalue weighted by molar-refractivity contribution is 0.0593. The molecule has 0 unspecified atom stereocenters. The summed E-state index contributed by atoms with van der Waals surface area (Å²) in [7, 11) is 4.68. The van der Waals surface area contributed by atoms with E-state index in [1.54, 1.807) is 63.4 Å². The first kappa shape index (κ1) is 21.2. The van der Waals surface area contributed by atoms with Gasteiger partial charge in [-0.3, -0.25) is 9.36 Å². The monoisotopic (exact) mass is 422 g/mol. The van der Waals surface area contributed by atoms with Crippen LogP contribution in [-0.4, -0.2) is 63.7 Å².